The van der Waals surface area contributed by atoms with Crippen LogP contribution in [0, 0.1) is 17.8 Å². The molecule has 0 aliphatic heterocycles. The molecule has 34 heavy (non-hydrogen) atoms. The number of aliphatic hydroxyl groups is 3. The average molecular weight is 473 g/mol. The van der Waals surface area contributed by atoms with Crippen molar-refractivity contribution in [3.05, 3.63) is 28.8 Å². The second kappa shape index (κ2) is 7.81. The first-order chi connectivity index (χ1) is 15.7. The van der Waals surface area contributed by atoms with Crippen molar-refractivity contribution < 1.29 is 34.8 Å². The summed E-state index contributed by atoms with van der Waals surface area (Å²) in [5.41, 5.74) is -1.79. The van der Waals surface area contributed by atoms with Crippen molar-refractivity contribution in [1.82, 2.24) is 5.32 Å². The number of fused-ring (bicyclic) bond motifs is 3. The largest absolute Gasteiger partial charge is 0.507 e. The van der Waals surface area contributed by atoms with Gasteiger partial charge in [0, 0.05) is 36.8 Å². The highest BCUT2D eigenvalue weighted by Crippen LogP contribution is 2.52. The zero-order valence-corrected chi connectivity index (χ0v) is 20.0. The number of rotatable bonds is 2. The summed E-state index contributed by atoms with van der Waals surface area (Å²) in [6.45, 7) is 5.15. The van der Waals surface area contributed by atoms with E-state index in [-0.39, 0.29) is 29.7 Å². The highest BCUT2D eigenvalue weighted by atomic mass is 16.3. The molecule has 2 unspecified atom stereocenters. The van der Waals surface area contributed by atoms with Crippen molar-refractivity contribution in [3.8, 4) is 5.75 Å². The Bertz CT molecular complexity index is 1120. The van der Waals surface area contributed by atoms with Crippen LogP contribution < -0.4 is 10.2 Å². The first kappa shape index (κ1) is 24.2. The number of carbonyl (C=O) groups excluding carboxylic acids is 3. The summed E-state index contributed by atoms with van der Waals surface area (Å²) in [6, 6.07) is 3.14. The maximum absolute atomic E-state index is 13.6. The number of phenolic OH excluding ortho intramolecular Hbond substituents is 1. The molecule has 0 spiro atoms. The Labute approximate surface area is 198 Å². The molecule has 0 heterocycles. The lowest BCUT2D eigenvalue weighted by molar-refractivity contribution is -0.175. The Hall–Kier alpha value is -2.91. The van der Waals surface area contributed by atoms with Gasteiger partial charge in [-0.25, -0.2) is 0 Å². The summed E-state index contributed by atoms with van der Waals surface area (Å²) < 4.78 is 0. The maximum Gasteiger partial charge on any atom is 0.233 e. The van der Waals surface area contributed by atoms with E-state index in [1.807, 2.05) is 19.0 Å². The number of anilines is 1. The molecule has 0 bridgehead atoms. The summed E-state index contributed by atoms with van der Waals surface area (Å²) in [5, 5.41) is 46.4. The van der Waals surface area contributed by atoms with Crippen LogP contribution in [-0.4, -0.2) is 69.2 Å². The number of amides is 1. The van der Waals surface area contributed by atoms with Crippen LogP contribution in [0.5, 0.6) is 5.75 Å². The van der Waals surface area contributed by atoms with Crippen LogP contribution in [0.25, 0.3) is 5.76 Å². The van der Waals surface area contributed by atoms with Gasteiger partial charge in [-0.15, -0.1) is 0 Å². The molecular weight excluding hydrogens is 440 g/mol. The quantitative estimate of drug-likeness (QED) is 0.402. The number of phenols is 1. The van der Waals surface area contributed by atoms with Crippen molar-refractivity contribution >= 4 is 28.9 Å². The second-order valence-electron chi connectivity index (χ2n) is 10.9. The molecular formula is C25H32N2O7. The third-order valence-corrected chi connectivity index (χ3v) is 7.20. The van der Waals surface area contributed by atoms with Gasteiger partial charge in [0.15, 0.2) is 11.4 Å². The molecule has 2 fully saturated rings. The summed E-state index contributed by atoms with van der Waals surface area (Å²) in [4.78, 5) is 41.7. The molecule has 0 aromatic heterocycles. The van der Waals surface area contributed by atoms with Gasteiger partial charge in [0.2, 0.25) is 11.7 Å². The standard InChI is InChI=1S/C25H32N2O7/c1-24(2,3)26-23(33)19-16(29)10-12-8-11-9-13-14(27(4)5)6-7-15(28)18(13)20(30)17(11)21(31)25(12,34)22(19)32/h6-7,11-12,16,19,28-30,34H,8-10H2,1-5H3,(H,26,33)/t11-,12+,16?,19?,25+/m1/s1. The highest BCUT2D eigenvalue weighted by molar-refractivity contribution is 6.25. The van der Waals surface area contributed by atoms with E-state index in [9.17, 15) is 34.8 Å². The lowest BCUT2D eigenvalue weighted by atomic mass is 9.56. The Balaban J connectivity index is 1.80. The third-order valence-electron chi connectivity index (χ3n) is 7.20. The fraction of sp³-hybridized carbons (Fsp3) is 0.560. The minimum atomic E-state index is -2.54. The van der Waals surface area contributed by atoms with E-state index in [2.05, 4.69) is 5.32 Å². The number of nitrogens with zero attached hydrogens (tertiary/aromatic N) is 1. The van der Waals surface area contributed by atoms with E-state index in [4.69, 9.17) is 0 Å². The molecule has 2 saturated carbocycles. The predicted molar refractivity (Wildman–Crippen MR) is 124 cm³/mol. The molecule has 3 aliphatic carbocycles. The van der Waals surface area contributed by atoms with Crippen molar-refractivity contribution in [2.75, 3.05) is 19.0 Å². The number of benzene rings is 1. The minimum Gasteiger partial charge on any atom is -0.507 e. The minimum absolute atomic E-state index is 0.103. The van der Waals surface area contributed by atoms with Crippen molar-refractivity contribution in [3.63, 3.8) is 0 Å². The fourth-order valence-corrected chi connectivity index (χ4v) is 5.75. The molecule has 9 heteroatoms. The first-order valence-corrected chi connectivity index (χ1v) is 11.5. The van der Waals surface area contributed by atoms with Gasteiger partial charge < -0.3 is 30.6 Å². The average Bonchev–Trinajstić information content (AvgIpc) is 2.69. The van der Waals surface area contributed by atoms with Crippen molar-refractivity contribution in [2.24, 2.45) is 17.8 Å². The normalized spacial score (nSPS) is 30.9. The summed E-state index contributed by atoms with van der Waals surface area (Å²) in [6.07, 6.45) is -0.967. The summed E-state index contributed by atoms with van der Waals surface area (Å²) >= 11 is 0. The molecule has 5 N–H and O–H groups in total. The zero-order chi connectivity index (χ0) is 25.3. The summed E-state index contributed by atoms with van der Waals surface area (Å²) in [7, 11) is 3.65. The number of aromatic hydroxyl groups is 1. The number of aliphatic hydroxyl groups excluding tert-OH is 2. The molecule has 184 valence electrons. The van der Waals surface area contributed by atoms with E-state index in [0.717, 1.165) is 5.69 Å². The Kier molecular flexibility index (Phi) is 5.57. The van der Waals surface area contributed by atoms with Crippen LogP contribution in [0.15, 0.2) is 17.7 Å². The number of Topliss-reactive ketones (excluding diaryl/α,β-unsaturated/α-hetero) is 2. The third kappa shape index (κ3) is 3.49. The van der Waals surface area contributed by atoms with Gasteiger partial charge in [0.05, 0.1) is 11.7 Å². The molecule has 5 atom stereocenters. The number of carbonyl (C=O) groups is 3. The van der Waals surface area contributed by atoms with Gasteiger partial charge in [-0.2, -0.15) is 0 Å². The molecule has 1 aromatic rings. The number of ketones is 2. The van der Waals surface area contributed by atoms with Gasteiger partial charge in [-0.1, -0.05) is 0 Å². The van der Waals surface area contributed by atoms with Crippen LogP contribution in [0.4, 0.5) is 5.69 Å². The zero-order valence-electron chi connectivity index (χ0n) is 20.0. The second-order valence-corrected chi connectivity index (χ2v) is 10.9. The van der Waals surface area contributed by atoms with Gasteiger partial charge >= 0.3 is 0 Å². The number of nitrogens with one attached hydrogen (secondary N) is 1. The van der Waals surface area contributed by atoms with Crippen molar-refractivity contribution in [2.45, 2.75) is 57.3 Å². The highest BCUT2D eigenvalue weighted by Gasteiger charge is 2.64. The Morgan fingerprint density at radius 3 is 2.38 bits per heavy atom. The fourth-order valence-electron chi connectivity index (χ4n) is 5.75. The van der Waals surface area contributed by atoms with Crippen LogP contribution in [-0.2, 0) is 20.8 Å². The van der Waals surface area contributed by atoms with Crippen LogP contribution in [0.2, 0.25) is 0 Å². The molecule has 9 nitrogen and oxygen atoms in total. The molecule has 1 aromatic carbocycles. The van der Waals surface area contributed by atoms with E-state index < -0.39 is 58.2 Å². The van der Waals surface area contributed by atoms with Gasteiger partial charge in [-0.05, 0) is 63.6 Å². The number of hydrogen-bond acceptors (Lipinski definition) is 8. The SMILES string of the molecule is CN(C)c1ccc(O)c2c1C[C@H]1C[C@H]3CC(O)C(C(=O)NC(C)(C)C)C(=O)[C@@]3(O)C(=O)C1=C2O. The molecule has 3 aliphatic rings. The molecule has 4 rings (SSSR count). The van der Waals surface area contributed by atoms with E-state index in [1.165, 1.54) is 6.07 Å². The monoisotopic (exact) mass is 472 g/mol. The van der Waals surface area contributed by atoms with E-state index >= 15 is 0 Å². The number of hydrogen-bond donors (Lipinski definition) is 5. The van der Waals surface area contributed by atoms with Crippen LogP contribution >= 0.6 is 0 Å². The smallest absolute Gasteiger partial charge is 0.233 e. The van der Waals surface area contributed by atoms with Gasteiger partial charge in [0.1, 0.15) is 17.4 Å². The van der Waals surface area contributed by atoms with Crippen LogP contribution in [0.1, 0.15) is 44.7 Å². The van der Waals surface area contributed by atoms with E-state index in [1.54, 1.807) is 26.8 Å². The maximum atomic E-state index is 13.6. The first-order valence-electron chi connectivity index (χ1n) is 11.5. The lowest BCUT2D eigenvalue weighted by Gasteiger charge is -2.49. The van der Waals surface area contributed by atoms with Gasteiger partial charge in [0.25, 0.3) is 0 Å². The molecule has 1 amide bonds. The van der Waals surface area contributed by atoms with E-state index in [0.29, 0.717) is 12.0 Å². The molecule has 0 radical (unpaired) electrons. The van der Waals surface area contributed by atoms with Crippen molar-refractivity contribution in [1.29, 1.82) is 0 Å². The predicted octanol–water partition coefficient (Wildman–Crippen LogP) is 1.08. The van der Waals surface area contributed by atoms with Gasteiger partial charge in [-0.3, -0.25) is 14.4 Å². The molecule has 0 saturated heterocycles. The lowest BCUT2D eigenvalue weighted by Crippen LogP contribution is -2.67. The topological polar surface area (TPSA) is 147 Å². The van der Waals surface area contributed by atoms with Crippen LogP contribution in [0.3, 0.4) is 0 Å². The Morgan fingerprint density at radius 2 is 1.79 bits per heavy atom. The summed E-state index contributed by atoms with van der Waals surface area (Å²) in [5.74, 6) is -6.45. The Morgan fingerprint density at radius 1 is 1.15 bits per heavy atom.